The summed E-state index contributed by atoms with van der Waals surface area (Å²) in [7, 11) is 0. The Bertz CT molecular complexity index is 534. The summed E-state index contributed by atoms with van der Waals surface area (Å²) in [6.45, 7) is 2.24. The van der Waals surface area contributed by atoms with Gasteiger partial charge >= 0.3 is 12.2 Å². The van der Waals surface area contributed by atoms with E-state index in [0.29, 0.717) is 26.1 Å². The van der Waals surface area contributed by atoms with Crippen molar-refractivity contribution in [1.29, 1.82) is 0 Å². The Morgan fingerprint density at radius 2 is 2.04 bits per heavy atom. The van der Waals surface area contributed by atoms with Crippen LogP contribution in [0.3, 0.4) is 0 Å². The van der Waals surface area contributed by atoms with E-state index in [1.54, 1.807) is 0 Å². The molecule has 1 aromatic carbocycles. The predicted octanol–water partition coefficient (Wildman–Crippen LogP) is 2.31. The number of nitrogens with one attached hydrogen (secondary N) is 2. The van der Waals surface area contributed by atoms with E-state index in [0.717, 1.165) is 11.3 Å². The third kappa shape index (κ3) is 6.66. The maximum Gasteiger partial charge on any atom is 0.401 e. The zero-order valence-electron chi connectivity index (χ0n) is 13.5. The van der Waals surface area contributed by atoms with Crippen LogP contribution in [0.1, 0.15) is 12.0 Å². The molecule has 1 aliphatic rings. The second-order valence-electron chi connectivity index (χ2n) is 5.90. The van der Waals surface area contributed by atoms with Crippen LogP contribution in [0.25, 0.3) is 0 Å². The second-order valence-corrected chi connectivity index (χ2v) is 5.90. The summed E-state index contributed by atoms with van der Waals surface area (Å²) in [5.74, 6) is 0.724. The minimum absolute atomic E-state index is 0.215. The summed E-state index contributed by atoms with van der Waals surface area (Å²) in [6, 6.07) is 6.92. The molecule has 1 unspecified atom stereocenters. The number of rotatable bonds is 6. The Hall–Kier alpha value is -1.96. The van der Waals surface area contributed by atoms with Gasteiger partial charge in [-0.05, 0) is 25.5 Å². The normalized spacial score (nSPS) is 18.4. The molecule has 0 aromatic heterocycles. The Labute approximate surface area is 139 Å². The number of nitrogens with zero attached hydrogens (tertiary/aromatic N) is 1. The van der Waals surface area contributed by atoms with Gasteiger partial charge in [0.25, 0.3) is 0 Å². The van der Waals surface area contributed by atoms with E-state index in [1.807, 2.05) is 31.2 Å². The number of benzene rings is 1. The number of hydrogen-bond acceptors (Lipinski definition) is 3. The minimum Gasteiger partial charge on any atom is -0.492 e. The molecule has 1 saturated heterocycles. The van der Waals surface area contributed by atoms with Crippen molar-refractivity contribution < 1.29 is 22.7 Å². The van der Waals surface area contributed by atoms with Crippen LogP contribution in [0.15, 0.2) is 24.3 Å². The molecule has 0 spiro atoms. The van der Waals surface area contributed by atoms with Crippen molar-refractivity contribution in [3.8, 4) is 5.75 Å². The average molecular weight is 345 g/mol. The lowest BCUT2D eigenvalue weighted by molar-refractivity contribution is -0.143. The van der Waals surface area contributed by atoms with E-state index in [2.05, 4.69) is 10.6 Å². The zero-order chi connectivity index (χ0) is 17.6. The van der Waals surface area contributed by atoms with Crippen LogP contribution < -0.4 is 15.4 Å². The fourth-order valence-electron chi connectivity index (χ4n) is 2.55. The quantitative estimate of drug-likeness (QED) is 0.778. The molecule has 0 saturated carbocycles. The molecule has 2 N–H and O–H groups in total. The number of likely N-dealkylation sites (tertiary alicyclic amines) is 1. The molecule has 0 bridgehead atoms. The van der Waals surface area contributed by atoms with Crippen molar-refractivity contribution in [2.75, 3.05) is 32.8 Å². The summed E-state index contributed by atoms with van der Waals surface area (Å²) in [5.41, 5.74) is 1.14. The van der Waals surface area contributed by atoms with Crippen LogP contribution >= 0.6 is 0 Å². The van der Waals surface area contributed by atoms with Crippen molar-refractivity contribution in [2.24, 2.45) is 0 Å². The van der Waals surface area contributed by atoms with E-state index in [1.165, 1.54) is 4.90 Å². The average Bonchev–Trinajstić information content (AvgIpc) is 2.90. The first-order valence-electron chi connectivity index (χ1n) is 7.85. The third-order valence-corrected chi connectivity index (χ3v) is 3.69. The molecule has 5 nitrogen and oxygen atoms in total. The lowest BCUT2D eigenvalue weighted by Crippen LogP contribution is -2.45. The molecule has 1 aliphatic heterocycles. The van der Waals surface area contributed by atoms with Gasteiger partial charge in [-0.1, -0.05) is 17.7 Å². The summed E-state index contributed by atoms with van der Waals surface area (Å²) >= 11 is 0. The number of urea groups is 1. The molecule has 0 radical (unpaired) electrons. The number of carbonyl (C=O) groups is 1. The van der Waals surface area contributed by atoms with Crippen LogP contribution in [-0.2, 0) is 0 Å². The SMILES string of the molecule is Cc1ccc(OCCNC(=O)NC2CCN(CC(F)(F)F)C2)cc1. The molecule has 134 valence electrons. The standard InChI is InChI=1S/C16H22F3N3O2/c1-12-2-4-14(5-3-12)24-9-7-20-15(23)21-13-6-8-22(10-13)11-16(17,18)19/h2-5,13H,6-11H2,1H3,(H2,20,21,23). The number of ether oxygens (including phenoxy) is 1. The largest absolute Gasteiger partial charge is 0.492 e. The van der Waals surface area contributed by atoms with Crippen LogP contribution in [0.4, 0.5) is 18.0 Å². The Morgan fingerprint density at radius 1 is 1.33 bits per heavy atom. The molecular weight excluding hydrogens is 323 g/mol. The highest BCUT2D eigenvalue weighted by Crippen LogP contribution is 2.19. The Kier molecular flexibility index (Phi) is 6.30. The van der Waals surface area contributed by atoms with Gasteiger partial charge in [0.1, 0.15) is 12.4 Å². The van der Waals surface area contributed by atoms with Gasteiger partial charge in [-0.25, -0.2) is 4.79 Å². The summed E-state index contributed by atoms with van der Waals surface area (Å²) < 4.78 is 42.4. The smallest absolute Gasteiger partial charge is 0.401 e. The summed E-state index contributed by atoms with van der Waals surface area (Å²) in [6.07, 6.45) is -3.69. The first kappa shape index (κ1) is 18.4. The van der Waals surface area contributed by atoms with E-state index in [-0.39, 0.29) is 18.6 Å². The first-order chi connectivity index (χ1) is 11.3. The van der Waals surface area contributed by atoms with Gasteiger partial charge in [-0.15, -0.1) is 0 Å². The van der Waals surface area contributed by atoms with Gasteiger partial charge in [0.15, 0.2) is 0 Å². The second kappa shape index (κ2) is 8.23. The number of halogens is 3. The van der Waals surface area contributed by atoms with Crippen LogP contribution in [0.5, 0.6) is 5.75 Å². The van der Waals surface area contributed by atoms with Crippen molar-refractivity contribution in [2.45, 2.75) is 25.6 Å². The van der Waals surface area contributed by atoms with Crippen molar-refractivity contribution in [1.82, 2.24) is 15.5 Å². The summed E-state index contributed by atoms with van der Waals surface area (Å²) in [4.78, 5) is 13.0. The van der Waals surface area contributed by atoms with Gasteiger partial charge in [0.05, 0.1) is 13.1 Å². The maximum absolute atomic E-state index is 12.3. The molecule has 1 heterocycles. The Balaban J connectivity index is 1.59. The van der Waals surface area contributed by atoms with Gasteiger partial charge in [0.2, 0.25) is 0 Å². The predicted molar refractivity (Wildman–Crippen MR) is 84.1 cm³/mol. The monoisotopic (exact) mass is 345 g/mol. The number of aryl methyl sites for hydroxylation is 1. The fraction of sp³-hybridized carbons (Fsp3) is 0.562. The molecule has 2 rings (SSSR count). The van der Waals surface area contributed by atoms with Crippen molar-refractivity contribution in [3.63, 3.8) is 0 Å². The minimum atomic E-state index is -4.20. The highest BCUT2D eigenvalue weighted by Gasteiger charge is 2.34. The maximum atomic E-state index is 12.3. The molecule has 1 fully saturated rings. The van der Waals surface area contributed by atoms with E-state index in [9.17, 15) is 18.0 Å². The highest BCUT2D eigenvalue weighted by atomic mass is 19.4. The molecule has 0 aliphatic carbocycles. The van der Waals surface area contributed by atoms with Gasteiger partial charge in [-0.2, -0.15) is 13.2 Å². The molecule has 8 heteroatoms. The number of hydrogen-bond donors (Lipinski definition) is 2. The van der Waals surface area contributed by atoms with Crippen molar-refractivity contribution in [3.05, 3.63) is 29.8 Å². The van der Waals surface area contributed by atoms with E-state index >= 15 is 0 Å². The lowest BCUT2D eigenvalue weighted by atomic mass is 10.2. The first-order valence-corrected chi connectivity index (χ1v) is 7.85. The van der Waals surface area contributed by atoms with Crippen LogP contribution in [0.2, 0.25) is 0 Å². The van der Waals surface area contributed by atoms with Crippen LogP contribution in [0, 0.1) is 6.92 Å². The molecule has 2 amide bonds. The molecular formula is C16H22F3N3O2. The van der Waals surface area contributed by atoms with E-state index < -0.39 is 12.7 Å². The number of alkyl halides is 3. The van der Waals surface area contributed by atoms with Crippen LogP contribution in [-0.4, -0.2) is 55.9 Å². The fourth-order valence-corrected chi connectivity index (χ4v) is 2.55. The molecule has 1 aromatic rings. The van der Waals surface area contributed by atoms with Crippen molar-refractivity contribution >= 4 is 6.03 Å². The zero-order valence-corrected chi connectivity index (χ0v) is 13.5. The summed E-state index contributed by atoms with van der Waals surface area (Å²) in [5, 5.41) is 5.32. The number of carbonyl (C=O) groups excluding carboxylic acids is 1. The Morgan fingerprint density at radius 3 is 2.71 bits per heavy atom. The van der Waals surface area contributed by atoms with Gasteiger partial charge in [-0.3, -0.25) is 4.90 Å². The topological polar surface area (TPSA) is 53.6 Å². The molecule has 1 atom stereocenters. The highest BCUT2D eigenvalue weighted by molar-refractivity contribution is 5.74. The molecule has 24 heavy (non-hydrogen) atoms. The lowest BCUT2D eigenvalue weighted by Gasteiger charge is -2.18. The third-order valence-electron chi connectivity index (χ3n) is 3.69. The van der Waals surface area contributed by atoms with Gasteiger partial charge in [0, 0.05) is 19.1 Å². The van der Waals surface area contributed by atoms with E-state index in [4.69, 9.17) is 4.74 Å². The van der Waals surface area contributed by atoms with Gasteiger partial charge < -0.3 is 15.4 Å². The number of amides is 2.